The molecule has 8 heteroatoms. The monoisotopic (exact) mass is 429 g/mol. The van der Waals surface area contributed by atoms with Crippen molar-refractivity contribution in [2.75, 3.05) is 5.32 Å². The van der Waals surface area contributed by atoms with Crippen LogP contribution in [0.4, 0.5) is 13.9 Å². The van der Waals surface area contributed by atoms with Gasteiger partial charge in [0, 0.05) is 24.3 Å². The SMILES string of the molecule is CC(=O)NC(C)c1ccc(-c2csc(NC(=O)CCc3cc(F)ccc3F)n2)cc1. The Hall–Kier alpha value is -3.13. The van der Waals surface area contributed by atoms with Gasteiger partial charge in [0.15, 0.2) is 5.13 Å². The Morgan fingerprint density at radius 3 is 2.57 bits per heavy atom. The van der Waals surface area contributed by atoms with Gasteiger partial charge in [-0.2, -0.15) is 0 Å². The molecule has 3 rings (SSSR count). The van der Waals surface area contributed by atoms with Crippen molar-refractivity contribution in [2.24, 2.45) is 0 Å². The summed E-state index contributed by atoms with van der Waals surface area (Å²) in [7, 11) is 0. The topological polar surface area (TPSA) is 71.1 Å². The van der Waals surface area contributed by atoms with E-state index in [2.05, 4.69) is 15.6 Å². The van der Waals surface area contributed by atoms with Gasteiger partial charge in [-0.1, -0.05) is 24.3 Å². The van der Waals surface area contributed by atoms with Gasteiger partial charge >= 0.3 is 0 Å². The summed E-state index contributed by atoms with van der Waals surface area (Å²) >= 11 is 1.28. The van der Waals surface area contributed by atoms with E-state index < -0.39 is 11.6 Å². The number of rotatable bonds is 7. The van der Waals surface area contributed by atoms with Crippen LogP contribution in [-0.2, 0) is 16.0 Å². The van der Waals surface area contributed by atoms with Gasteiger partial charge in [0.2, 0.25) is 11.8 Å². The van der Waals surface area contributed by atoms with Crippen molar-refractivity contribution in [3.05, 3.63) is 70.6 Å². The molecule has 2 N–H and O–H groups in total. The van der Waals surface area contributed by atoms with E-state index in [0.29, 0.717) is 10.8 Å². The molecule has 3 aromatic rings. The van der Waals surface area contributed by atoms with Crippen molar-refractivity contribution in [1.82, 2.24) is 10.3 Å². The van der Waals surface area contributed by atoms with Crippen molar-refractivity contribution in [3.8, 4) is 11.3 Å². The molecule has 0 saturated heterocycles. The zero-order chi connectivity index (χ0) is 21.7. The second kappa shape index (κ2) is 9.58. The van der Waals surface area contributed by atoms with Gasteiger partial charge in [-0.15, -0.1) is 11.3 Å². The zero-order valence-corrected chi connectivity index (χ0v) is 17.4. The first-order chi connectivity index (χ1) is 14.3. The number of hydrogen-bond donors (Lipinski definition) is 2. The number of anilines is 1. The van der Waals surface area contributed by atoms with E-state index in [9.17, 15) is 18.4 Å². The minimum atomic E-state index is -0.533. The van der Waals surface area contributed by atoms with Gasteiger partial charge < -0.3 is 10.6 Å². The third kappa shape index (κ3) is 5.70. The Morgan fingerprint density at radius 1 is 1.13 bits per heavy atom. The maximum Gasteiger partial charge on any atom is 0.226 e. The third-order valence-corrected chi connectivity index (χ3v) is 5.26. The molecule has 1 unspecified atom stereocenters. The summed E-state index contributed by atoms with van der Waals surface area (Å²) in [6.45, 7) is 3.38. The number of carbonyl (C=O) groups is 2. The summed E-state index contributed by atoms with van der Waals surface area (Å²) < 4.78 is 26.9. The van der Waals surface area contributed by atoms with Gasteiger partial charge in [-0.25, -0.2) is 13.8 Å². The van der Waals surface area contributed by atoms with Crippen molar-refractivity contribution < 1.29 is 18.4 Å². The Kier molecular flexibility index (Phi) is 6.89. The lowest BCUT2D eigenvalue weighted by Crippen LogP contribution is -2.23. The van der Waals surface area contributed by atoms with Crippen LogP contribution in [0, 0.1) is 11.6 Å². The lowest BCUT2D eigenvalue weighted by atomic mass is 10.1. The fourth-order valence-corrected chi connectivity index (χ4v) is 3.70. The molecule has 0 aliphatic heterocycles. The number of carbonyl (C=O) groups excluding carboxylic acids is 2. The smallest absolute Gasteiger partial charge is 0.226 e. The zero-order valence-electron chi connectivity index (χ0n) is 16.5. The largest absolute Gasteiger partial charge is 0.350 e. The van der Waals surface area contributed by atoms with Gasteiger partial charge in [0.1, 0.15) is 11.6 Å². The normalized spacial score (nSPS) is 11.7. The standard InChI is InChI=1S/C22H21F2N3O2S/c1-13(25-14(2)28)15-3-5-16(6-4-15)20-12-30-22(26-20)27-21(29)10-7-17-11-18(23)8-9-19(17)24/h3-6,8-9,11-13H,7,10H2,1-2H3,(H,25,28)(H,26,27,29). The Morgan fingerprint density at radius 2 is 1.87 bits per heavy atom. The van der Waals surface area contributed by atoms with E-state index in [0.717, 1.165) is 29.3 Å². The number of amides is 2. The molecule has 0 aliphatic rings. The molecule has 0 radical (unpaired) electrons. The lowest BCUT2D eigenvalue weighted by molar-refractivity contribution is -0.119. The molecule has 0 spiro atoms. The average molecular weight is 429 g/mol. The lowest BCUT2D eigenvalue weighted by Gasteiger charge is -2.13. The summed E-state index contributed by atoms with van der Waals surface area (Å²) in [6, 6.07) is 10.7. The van der Waals surface area contributed by atoms with Crippen LogP contribution >= 0.6 is 11.3 Å². The third-order valence-electron chi connectivity index (χ3n) is 4.51. The molecule has 0 fully saturated rings. The van der Waals surface area contributed by atoms with Gasteiger partial charge in [-0.05, 0) is 42.7 Å². The molecule has 1 aromatic heterocycles. The molecular weight excluding hydrogens is 408 g/mol. The predicted molar refractivity (Wildman–Crippen MR) is 113 cm³/mol. The summed E-state index contributed by atoms with van der Waals surface area (Å²) in [5.41, 5.74) is 2.73. The quantitative estimate of drug-likeness (QED) is 0.564. The molecule has 1 atom stereocenters. The highest BCUT2D eigenvalue weighted by molar-refractivity contribution is 7.14. The van der Waals surface area contributed by atoms with Gasteiger partial charge in [0.25, 0.3) is 0 Å². The molecule has 1 heterocycles. The predicted octanol–water partition coefficient (Wildman–Crippen LogP) is 4.86. The van der Waals surface area contributed by atoms with Crippen LogP contribution in [-0.4, -0.2) is 16.8 Å². The number of aryl methyl sites for hydroxylation is 1. The Balaban J connectivity index is 1.58. The van der Waals surface area contributed by atoms with Crippen LogP contribution < -0.4 is 10.6 Å². The molecule has 0 saturated carbocycles. The van der Waals surface area contributed by atoms with Crippen LogP contribution in [0.2, 0.25) is 0 Å². The minimum Gasteiger partial charge on any atom is -0.350 e. The van der Waals surface area contributed by atoms with Crippen LogP contribution in [0.25, 0.3) is 11.3 Å². The second-order valence-corrected chi connectivity index (χ2v) is 7.72. The van der Waals surface area contributed by atoms with Crippen molar-refractivity contribution in [3.63, 3.8) is 0 Å². The number of benzene rings is 2. The number of nitrogens with one attached hydrogen (secondary N) is 2. The molecule has 0 aliphatic carbocycles. The summed E-state index contributed by atoms with van der Waals surface area (Å²) in [6.07, 6.45) is 0.118. The van der Waals surface area contributed by atoms with E-state index >= 15 is 0 Å². The van der Waals surface area contributed by atoms with E-state index in [1.54, 1.807) is 0 Å². The molecule has 2 amide bonds. The molecule has 30 heavy (non-hydrogen) atoms. The van der Waals surface area contributed by atoms with Gasteiger partial charge in [0.05, 0.1) is 11.7 Å². The first kappa shape index (κ1) is 21.6. The first-order valence-electron chi connectivity index (χ1n) is 9.38. The highest BCUT2D eigenvalue weighted by Crippen LogP contribution is 2.26. The maximum atomic E-state index is 13.6. The van der Waals surface area contributed by atoms with Crippen molar-refractivity contribution >= 4 is 28.3 Å². The fraction of sp³-hybridized carbons (Fsp3) is 0.227. The average Bonchev–Trinajstić information content (AvgIpc) is 3.16. The van der Waals surface area contributed by atoms with Crippen molar-refractivity contribution in [2.45, 2.75) is 32.7 Å². The number of aromatic nitrogens is 1. The highest BCUT2D eigenvalue weighted by Gasteiger charge is 2.12. The fourth-order valence-electron chi connectivity index (χ4n) is 2.96. The van der Waals surface area contributed by atoms with Crippen LogP contribution in [0.5, 0.6) is 0 Å². The Bertz CT molecular complexity index is 1050. The van der Waals surface area contributed by atoms with E-state index in [4.69, 9.17) is 0 Å². The molecule has 0 bridgehead atoms. The van der Waals surface area contributed by atoms with Crippen LogP contribution in [0.1, 0.15) is 37.4 Å². The second-order valence-electron chi connectivity index (χ2n) is 6.87. The minimum absolute atomic E-state index is 0.0189. The maximum absolute atomic E-state index is 13.6. The molecule has 156 valence electrons. The highest BCUT2D eigenvalue weighted by atomic mass is 32.1. The summed E-state index contributed by atoms with van der Waals surface area (Å²) in [4.78, 5) is 27.7. The Labute approximate surface area is 177 Å². The van der Waals surface area contributed by atoms with Crippen molar-refractivity contribution in [1.29, 1.82) is 0 Å². The molecule has 2 aromatic carbocycles. The molecular formula is C22H21F2N3O2S. The number of nitrogens with zero attached hydrogens (tertiary/aromatic N) is 1. The summed E-state index contributed by atoms with van der Waals surface area (Å²) in [5.74, 6) is -1.48. The molecule has 5 nitrogen and oxygen atoms in total. The number of halogens is 2. The van der Waals surface area contributed by atoms with Gasteiger partial charge in [-0.3, -0.25) is 9.59 Å². The van der Waals surface area contributed by atoms with E-state index in [1.807, 2.05) is 36.6 Å². The first-order valence-corrected chi connectivity index (χ1v) is 10.3. The van der Waals surface area contributed by atoms with Crippen LogP contribution in [0.15, 0.2) is 47.8 Å². The summed E-state index contributed by atoms with van der Waals surface area (Å²) in [5, 5.41) is 7.79. The van der Waals surface area contributed by atoms with Crippen LogP contribution in [0.3, 0.4) is 0 Å². The number of thiazole rings is 1. The van der Waals surface area contributed by atoms with E-state index in [1.165, 1.54) is 18.3 Å². The van der Waals surface area contributed by atoms with E-state index in [-0.39, 0.29) is 36.3 Å². The number of hydrogen-bond acceptors (Lipinski definition) is 4.